The summed E-state index contributed by atoms with van der Waals surface area (Å²) < 4.78 is 7.41. The number of hydrogen-bond donors (Lipinski definition) is 3. The molecule has 5 rings (SSSR count). The summed E-state index contributed by atoms with van der Waals surface area (Å²) in [5, 5.41) is 26.8. The van der Waals surface area contributed by atoms with Crippen molar-refractivity contribution in [3.8, 4) is 17.0 Å². The van der Waals surface area contributed by atoms with E-state index in [2.05, 4.69) is 39.5 Å². The molecule has 4 aromatic rings. The summed E-state index contributed by atoms with van der Waals surface area (Å²) in [7, 11) is 1.67. The highest BCUT2D eigenvalue weighted by Gasteiger charge is 2.22. The molecule has 0 spiro atoms. The largest absolute Gasteiger partial charge is 0.496 e. The van der Waals surface area contributed by atoms with E-state index in [-0.39, 0.29) is 6.61 Å². The Balaban J connectivity index is 1.28. The van der Waals surface area contributed by atoms with Gasteiger partial charge < -0.3 is 25.2 Å². The maximum absolute atomic E-state index is 9.67. The first-order chi connectivity index (χ1) is 17.1. The van der Waals surface area contributed by atoms with Gasteiger partial charge in [-0.25, -0.2) is 9.50 Å². The Morgan fingerprint density at radius 3 is 2.57 bits per heavy atom. The molecular formula is C27H31N5O3. The summed E-state index contributed by atoms with van der Waals surface area (Å²) in [6.45, 7) is 2.22. The number of hydrogen-bond acceptors (Lipinski definition) is 7. The topological polar surface area (TPSA) is 95.2 Å². The van der Waals surface area contributed by atoms with Gasteiger partial charge in [0.25, 0.3) is 0 Å². The summed E-state index contributed by atoms with van der Waals surface area (Å²) >= 11 is 0. The zero-order valence-corrected chi connectivity index (χ0v) is 19.8. The second kappa shape index (κ2) is 10.4. The summed E-state index contributed by atoms with van der Waals surface area (Å²) in [6.07, 6.45) is 3.24. The number of nitrogens with one attached hydrogen (secondary N) is 1. The number of benzene rings is 2. The average Bonchev–Trinajstić information content (AvgIpc) is 3.32. The van der Waals surface area contributed by atoms with Crippen molar-refractivity contribution in [1.82, 2.24) is 19.5 Å². The molecule has 8 heteroatoms. The Morgan fingerprint density at radius 2 is 1.83 bits per heavy atom. The van der Waals surface area contributed by atoms with E-state index in [1.807, 2.05) is 47.1 Å². The van der Waals surface area contributed by atoms with E-state index < -0.39 is 6.10 Å². The highest BCUT2D eigenvalue weighted by molar-refractivity contribution is 5.72. The van der Waals surface area contributed by atoms with E-state index in [1.54, 1.807) is 7.11 Å². The van der Waals surface area contributed by atoms with Gasteiger partial charge in [0.15, 0.2) is 0 Å². The van der Waals surface area contributed by atoms with E-state index in [1.165, 1.54) is 5.56 Å². The molecular weight excluding hydrogens is 442 g/mol. The predicted octanol–water partition coefficient (Wildman–Crippen LogP) is 3.68. The Hall–Kier alpha value is -3.46. The molecule has 1 aliphatic heterocycles. The highest BCUT2D eigenvalue weighted by atomic mass is 16.5. The number of aliphatic hydroxyl groups is 2. The van der Waals surface area contributed by atoms with Crippen molar-refractivity contribution in [3.05, 3.63) is 72.4 Å². The molecule has 1 fully saturated rings. The zero-order chi connectivity index (χ0) is 24.2. The van der Waals surface area contributed by atoms with E-state index in [4.69, 9.17) is 14.9 Å². The summed E-state index contributed by atoms with van der Waals surface area (Å²) in [6, 6.07) is 20.4. The minimum atomic E-state index is -0.657. The van der Waals surface area contributed by atoms with E-state index in [0.29, 0.717) is 18.4 Å². The van der Waals surface area contributed by atoms with Gasteiger partial charge in [0.2, 0.25) is 5.95 Å². The number of β-amino-alcohol motifs (C(OH)–C–C–N with tert-alkyl or cyclic N) is 1. The lowest BCUT2D eigenvalue weighted by molar-refractivity contribution is 0.0513. The summed E-state index contributed by atoms with van der Waals surface area (Å²) in [5.74, 6) is 1.82. The van der Waals surface area contributed by atoms with Crippen LogP contribution in [0.4, 0.5) is 11.6 Å². The van der Waals surface area contributed by atoms with Gasteiger partial charge in [0.05, 0.1) is 37.2 Å². The number of fused-ring (bicyclic) bond motifs is 1. The van der Waals surface area contributed by atoms with Gasteiger partial charge in [-0.15, -0.1) is 5.10 Å². The predicted molar refractivity (Wildman–Crippen MR) is 136 cm³/mol. The summed E-state index contributed by atoms with van der Waals surface area (Å²) in [5.41, 5.74) is 5.07. The van der Waals surface area contributed by atoms with Crippen molar-refractivity contribution >= 4 is 17.2 Å². The van der Waals surface area contributed by atoms with E-state index in [0.717, 1.165) is 54.1 Å². The van der Waals surface area contributed by atoms with Crippen LogP contribution < -0.4 is 10.1 Å². The normalized spacial score (nSPS) is 15.9. The number of aromatic nitrogens is 3. The Kier molecular flexibility index (Phi) is 6.94. The van der Waals surface area contributed by atoms with Gasteiger partial charge in [-0.05, 0) is 73.8 Å². The standard InChI is InChI=1S/C27H31N5O3/c1-35-26-5-3-2-4-24(26)25-11-10-22-16-28-27(30-32(22)25)29-21-8-6-19(7-9-21)20-12-14-31(15-13-20)17-23(34)18-33/h2-11,16,20,23,33-34H,12-15,17-18H2,1H3,(H,29,30)/t23-/m0/s1. The number of ether oxygens (including phenoxy) is 1. The van der Waals surface area contributed by atoms with Crippen molar-refractivity contribution < 1.29 is 14.9 Å². The number of methoxy groups -OCH3 is 1. The molecule has 3 N–H and O–H groups in total. The van der Waals surface area contributed by atoms with Crippen LogP contribution in [-0.4, -0.2) is 69.2 Å². The number of anilines is 2. The molecule has 2 aromatic carbocycles. The number of aliphatic hydroxyl groups excluding tert-OH is 2. The van der Waals surface area contributed by atoms with Crippen LogP contribution in [0, 0.1) is 0 Å². The lowest BCUT2D eigenvalue weighted by Gasteiger charge is -2.33. The third-order valence-corrected chi connectivity index (χ3v) is 6.69. The second-order valence-corrected chi connectivity index (χ2v) is 9.00. The highest BCUT2D eigenvalue weighted by Crippen LogP contribution is 2.31. The molecule has 3 heterocycles. The van der Waals surface area contributed by atoms with Crippen LogP contribution in [0.2, 0.25) is 0 Å². The van der Waals surface area contributed by atoms with Crippen molar-refractivity contribution in [1.29, 1.82) is 0 Å². The fraction of sp³-hybridized carbons (Fsp3) is 0.333. The molecule has 0 radical (unpaired) electrons. The lowest BCUT2D eigenvalue weighted by atomic mass is 9.89. The molecule has 0 unspecified atom stereocenters. The maximum atomic E-state index is 9.67. The van der Waals surface area contributed by atoms with Crippen molar-refractivity contribution in [2.24, 2.45) is 0 Å². The van der Waals surface area contributed by atoms with Crippen molar-refractivity contribution in [3.63, 3.8) is 0 Å². The third kappa shape index (κ3) is 5.14. The van der Waals surface area contributed by atoms with Crippen LogP contribution in [-0.2, 0) is 0 Å². The zero-order valence-electron chi connectivity index (χ0n) is 19.8. The van der Waals surface area contributed by atoms with Gasteiger partial charge in [-0.3, -0.25) is 0 Å². The average molecular weight is 474 g/mol. The van der Waals surface area contributed by atoms with Gasteiger partial charge in [-0.1, -0.05) is 24.3 Å². The molecule has 35 heavy (non-hydrogen) atoms. The SMILES string of the molecule is COc1ccccc1-c1ccc2cnc(Nc3ccc(C4CCN(C[C@H](O)CO)CC4)cc3)nn12. The molecule has 0 bridgehead atoms. The first-order valence-corrected chi connectivity index (χ1v) is 12.0. The minimum absolute atomic E-state index is 0.183. The van der Waals surface area contributed by atoms with Gasteiger partial charge in [0.1, 0.15) is 5.75 Å². The van der Waals surface area contributed by atoms with Gasteiger partial charge in [-0.2, -0.15) is 0 Å². The van der Waals surface area contributed by atoms with Crippen LogP contribution in [0.15, 0.2) is 66.9 Å². The molecule has 8 nitrogen and oxygen atoms in total. The number of para-hydroxylation sites is 1. The van der Waals surface area contributed by atoms with Crippen LogP contribution in [0.1, 0.15) is 24.3 Å². The van der Waals surface area contributed by atoms with Gasteiger partial charge in [0, 0.05) is 17.8 Å². The fourth-order valence-corrected chi connectivity index (χ4v) is 4.79. The van der Waals surface area contributed by atoms with Crippen molar-refractivity contribution in [2.45, 2.75) is 24.9 Å². The first kappa shape index (κ1) is 23.3. The number of likely N-dealkylation sites (tertiary alicyclic amines) is 1. The Labute approximate surface area is 204 Å². The number of rotatable bonds is 8. The smallest absolute Gasteiger partial charge is 0.245 e. The Bertz CT molecular complexity index is 1270. The molecule has 1 atom stereocenters. The molecule has 1 saturated heterocycles. The molecule has 0 saturated carbocycles. The molecule has 182 valence electrons. The van der Waals surface area contributed by atoms with Crippen LogP contribution in [0.25, 0.3) is 16.8 Å². The fourth-order valence-electron chi connectivity index (χ4n) is 4.79. The molecule has 1 aliphatic rings. The van der Waals surface area contributed by atoms with Crippen LogP contribution in [0.5, 0.6) is 5.75 Å². The third-order valence-electron chi connectivity index (χ3n) is 6.69. The van der Waals surface area contributed by atoms with Crippen LogP contribution in [0.3, 0.4) is 0 Å². The first-order valence-electron chi connectivity index (χ1n) is 12.0. The van der Waals surface area contributed by atoms with Crippen molar-refractivity contribution in [2.75, 3.05) is 38.7 Å². The van der Waals surface area contributed by atoms with Gasteiger partial charge >= 0.3 is 0 Å². The van der Waals surface area contributed by atoms with E-state index in [9.17, 15) is 5.11 Å². The molecule has 0 amide bonds. The monoisotopic (exact) mass is 473 g/mol. The maximum Gasteiger partial charge on any atom is 0.245 e. The van der Waals surface area contributed by atoms with Crippen LogP contribution >= 0.6 is 0 Å². The number of piperidine rings is 1. The van der Waals surface area contributed by atoms with E-state index >= 15 is 0 Å². The quantitative estimate of drug-likeness (QED) is 0.359. The second-order valence-electron chi connectivity index (χ2n) is 9.00. The number of nitrogens with zero attached hydrogens (tertiary/aromatic N) is 4. The molecule has 2 aromatic heterocycles. The minimum Gasteiger partial charge on any atom is -0.496 e. The molecule has 0 aliphatic carbocycles. The lowest BCUT2D eigenvalue weighted by Crippen LogP contribution is -2.39. The summed E-state index contributed by atoms with van der Waals surface area (Å²) in [4.78, 5) is 6.71. The Morgan fingerprint density at radius 1 is 1.06 bits per heavy atom.